The molecule has 0 spiro atoms. The average Bonchev–Trinajstić information content (AvgIpc) is 2.83. The van der Waals surface area contributed by atoms with Crippen molar-refractivity contribution in [2.24, 2.45) is 5.92 Å². The topological polar surface area (TPSA) is 42.0 Å². The predicted octanol–water partition coefficient (Wildman–Crippen LogP) is 4.32. The zero-order chi connectivity index (χ0) is 23.6. The Morgan fingerprint density at radius 2 is 1.91 bits per heavy atom. The van der Waals surface area contributed by atoms with E-state index in [1.54, 1.807) is 6.08 Å². The highest BCUT2D eigenvalue weighted by Crippen LogP contribution is 2.29. The summed E-state index contributed by atoms with van der Waals surface area (Å²) in [5.74, 6) is 0.994. The second kappa shape index (κ2) is 12.5. The molecule has 1 fully saturated rings. The van der Waals surface area contributed by atoms with E-state index in [1.165, 1.54) is 24.8 Å². The summed E-state index contributed by atoms with van der Waals surface area (Å²) in [4.78, 5) is 16.9. The van der Waals surface area contributed by atoms with Gasteiger partial charge in [0, 0.05) is 32.3 Å². The lowest BCUT2D eigenvalue weighted by Gasteiger charge is -2.40. The maximum atomic E-state index is 13.4. The molecule has 1 aliphatic rings. The van der Waals surface area contributed by atoms with Crippen molar-refractivity contribution < 1.29 is 18.7 Å². The number of piperidine rings is 1. The van der Waals surface area contributed by atoms with E-state index >= 15 is 0 Å². The number of methoxy groups -OCH3 is 1. The first-order valence-electron chi connectivity index (χ1n) is 11.5. The number of carbonyl (C=O) groups excluding carboxylic acids is 1. The first-order chi connectivity index (χ1) is 16.0. The van der Waals surface area contributed by atoms with E-state index < -0.39 is 0 Å². The number of likely N-dealkylation sites (N-methyl/N-ethyl adjacent to an activating group) is 1. The number of nitrogens with zero attached hydrogens (tertiary/aromatic N) is 2. The number of ether oxygens (including phenoxy) is 2. The van der Waals surface area contributed by atoms with Crippen LogP contribution in [0.4, 0.5) is 4.39 Å². The van der Waals surface area contributed by atoms with Gasteiger partial charge in [-0.2, -0.15) is 0 Å². The second-order valence-electron chi connectivity index (χ2n) is 8.66. The molecule has 0 radical (unpaired) electrons. The zero-order valence-electron chi connectivity index (χ0n) is 19.7. The van der Waals surface area contributed by atoms with Gasteiger partial charge < -0.3 is 14.4 Å². The Morgan fingerprint density at radius 1 is 1.21 bits per heavy atom. The fourth-order valence-electron chi connectivity index (χ4n) is 4.55. The van der Waals surface area contributed by atoms with Crippen molar-refractivity contribution in [3.05, 3.63) is 78.1 Å². The summed E-state index contributed by atoms with van der Waals surface area (Å²) in [5, 5.41) is 0. The number of benzene rings is 2. The van der Waals surface area contributed by atoms with Gasteiger partial charge in [-0.05, 0) is 62.0 Å². The van der Waals surface area contributed by atoms with Crippen LogP contribution in [-0.2, 0) is 22.5 Å². The molecule has 178 valence electrons. The first kappa shape index (κ1) is 24.9. The van der Waals surface area contributed by atoms with E-state index in [1.807, 2.05) is 42.3 Å². The summed E-state index contributed by atoms with van der Waals surface area (Å²) in [6.07, 6.45) is 4.44. The molecule has 3 rings (SSSR count). The summed E-state index contributed by atoms with van der Waals surface area (Å²) in [7, 11) is 3.39. The first-order valence-corrected chi connectivity index (χ1v) is 11.5. The number of rotatable bonds is 11. The number of hydrogen-bond donors (Lipinski definition) is 0. The molecule has 1 heterocycles. The third-order valence-corrected chi connectivity index (χ3v) is 6.42. The monoisotopic (exact) mass is 454 g/mol. The van der Waals surface area contributed by atoms with Crippen LogP contribution in [0.1, 0.15) is 24.0 Å². The minimum absolute atomic E-state index is 0.0275. The SMILES string of the molecule is C=CCOc1ccccc1CN1CCC([C@@H](Cc2ccc(F)cc2)N(C)C(=O)COC)CC1. The highest BCUT2D eigenvalue weighted by atomic mass is 19.1. The summed E-state index contributed by atoms with van der Waals surface area (Å²) >= 11 is 0. The molecule has 0 aromatic heterocycles. The molecule has 1 atom stereocenters. The van der Waals surface area contributed by atoms with Gasteiger partial charge >= 0.3 is 0 Å². The Kier molecular flexibility index (Phi) is 9.46. The summed E-state index contributed by atoms with van der Waals surface area (Å²) < 4.78 is 24.3. The summed E-state index contributed by atoms with van der Waals surface area (Å²) in [6.45, 7) is 7.02. The van der Waals surface area contributed by atoms with E-state index in [0.29, 0.717) is 18.9 Å². The number of para-hydroxylation sites is 1. The maximum absolute atomic E-state index is 13.4. The summed E-state index contributed by atoms with van der Waals surface area (Å²) in [5.41, 5.74) is 2.21. The van der Waals surface area contributed by atoms with Crippen LogP contribution in [0.3, 0.4) is 0 Å². The van der Waals surface area contributed by atoms with E-state index in [2.05, 4.69) is 17.5 Å². The van der Waals surface area contributed by atoms with Crippen molar-refractivity contribution in [2.45, 2.75) is 31.8 Å². The molecule has 0 bridgehead atoms. The molecule has 0 N–H and O–H groups in total. The van der Waals surface area contributed by atoms with Crippen LogP contribution in [0.15, 0.2) is 61.2 Å². The van der Waals surface area contributed by atoms with E-state index in [9.17, 15) is 9.18 Å². The number of hydrogen-bond acceptors (Lipinski definition) is 4. The Hall–Kier alpha value is -2.70. The molecule has 0 saturated carbocycles. The minimum Gasteiger partial charge on any atom is -0.489 e. The van der Waals surface area contributed by atoms with Gasteiger partial charge in [0.05, 0.1) is 0 Å². The molecule has 0 unspecified atom stereocenters. The summed E-state index contributed by atoms with van der Waals surface area (Å²) in [6, 6.07) is 14.8. The highest BCUT2D eigenvalue weighted by molar-refractivity contribution is 5.77. The van der Waals surface area contributed by atoms with E-state index in [-0.39, 0.29) is 24.4 Å². The Labute approximate surface area is 196 Å². The number of likely N-dealkylation sites (tertiary alicyclic amines) is 1. The standard InChI is InChI=1S/C27H35FN2O3/c1-4-17-33-26-8-6-5-7-23(26)19-30-15-13-22(14-16-30)25(29(2)27(31)20-32-3)18-21-9-11-24(28)12-10-21/h4-12,22,25H,1,13-20H2,2-3H3/t25-/m1/s1. The molecule has 5 nitrogen and oxygen atoms in total. The van der Waals surface area contributed by atoms with Crippen LogP contribution in [0.2, 0.25) is 0 Å². The minimum atomic E-state index is -0.246. The molecular formula is C27H35FN2O3. The molecular weight excluding hydrogens is 419 g/mol. The molecule has 33 heavy (non-hydrogen) atoms. The fourth-order valence-corrected chi connectivity index (χ4v) is 4.55. The lowest BCUT2D eigenvalue weighted by molar-refractivity contribution is -0.137. The molecule has 0 aliphatic carbocycles. The lowest BCUT2D eigenvalue weighted by atomic mass is 9.84. The van der Waals surface area contributed by atoms with Gasteiger partial charge in [-0.15, -0.1) is 0 Å². The van der Waals surface area contributed by atoms with Gasteiger partial charge in [-0.1, -0.05) is 43.0 Å². The number of carbonyl (C=O) groups is 1. The molecule has 1 amide bonds. The third kappa shape index (κ3) is 7.14. The number of halogens is 1. The van der Waals surface area contributed by atoms with Crippen LogP contribution in [0.5, 0.6) is 5.75 Å². The number of amides is 1. The van der Waals surface area contributed by atoms with Crippen molar-refractivity contribution in [1.29, 1.82) is 0 Å². The van der Waals surface area contributed by atoms with Gasteiger partial charge in [0.25, 0.3) is 0 Å². The smallest absolute Gasteiger partial charge is 0.248 e. The van der Waals surface area contributed by atoms with Crippen molar-refractivity contribution in [2.75, 3.05) is 40.5 Å². The van der Waals surface area contributed by atoms with Crippen LogP contribution in [0, 0.1) is 11.7 Å². The average molecular weight is 455 g/mol. The fraction of sp³-hybridized carbons (Fsp3) is 0.444. The van der Waals surface area contributed by atoms with Gasteiger partial charge in [-0.25, -0.2) is 4.39 Å². The normalized spacial score (nSPS) is 15.7. The molecule has 6 heteroatoms. The maximum Gasteiger partial charge on any atom is 0.248 e. The van der Waals surface area contributed by atoms with Crippen molar-refractivity contribution >= 4 is 5.91 Å². The lowest BCUT2D eigenvalue weighted by Crippen LogP contribution is -2.48. The van der Waals surface area contributed by atoms with Gasteiger partial charge in [0.15, 0.2) is 0 Å². The third-order valence-electron chi connectivity index (χ3n) is 6.42. The van der Waals surface area contributed by atoms with Gasteiger partial charge in [0.2, 0.25) is 5.91 Å². The zero-order valence-corrected chi connectivity index (χ0v) is 19.7. The quantitative estimate of drug-likeness (QED) is 0.475. The van der Waals surface area contributed by atoms with Crippen LogP contribution < -0.4 is 4.74 Å². The Morgan fingerprint density at radius 3 is 2.58 bits per heavy atom. The Balaban J connectivity index is 1.66. The van der Waals surface area contributed by atoms with Crippen molar-refractivity contribution in [3.63, 3.8) is 0 Å². The van der Waals surface area contributed by atoms with Crippen LogP contribution >= 0.6 is 0 Å². The molecule has 2 aromatic rings. The molecule has 2 aromatic carbocycles. The van der Waals surface area contributed by atoms with E-state index in [4.69, 9.17) is 9.47 Å². The molecule has 1 aliphatic heterocycles. The largest absolute Gasteiger partial charge is 0.489 e. The van der Waals surface area contributed by atoms with Crippen LogP contribution in [-0.4, -0.2) is 62.2 Å². The Bertz CT molecular complexity index is 894. The van der Waals surface area contributed by atoms with Crippen LogP contribution in [0.25, 0.3) is 0 Å². The second-order valence-corrected chi connectivity index (χ2v) is 8.66. The van der Waals surface area contributed by atoms with Gasteiger partial charge in [-0.3, -0.25) is 9.69 Å². The van der Waals surface area contributed by atoms with Crippen molar-refractivity contribution in [3.8, 4) is 5.75 Å². The van der Waals surface area contributed by atoms with E-state index in [0.717, 1.165) is 43.8 Å². The highest BCUT2D eigenvalue weighted by Gasteiger charge is 2.31. The van der Waals surface area contributed by atoms with Crippen molar-refractivity contribution in [1.82, 2.24) is 9.80 Å². The predicted molar refractivity (Wildman–Crippen MR) is 129 cm³/mol. The van der Waals surface area contributed by atoms with Gasteiger partial charge in [0.1, 0.15) is 24.8 Å². The molecule has 1 saturated heterocycles.